The van der Waals surface area contributed by atoms with Crippen LogP contribution in [0.1, 0.15) is 30.6 Å². The third-order valence-corrected chi connectivity index (χ3v) is 4.15. The highest BCUT2D eigenvalue weighted by Crippen LogP contribution is 2.42. The summed E-state index contributed by atoms with van der Waals surface area (Å²) in [5, 5.41) is 23.2. The molecule has 0 amide bonds. The summed E-state index contributed by atoms with van der Waals surface area (Å²) >= 11 is 1.27. The summed E-state index contributed by atoms with van der Waals surface area (Å²) in [5.74, 6) is -1.56. The Kier molecular flexibility index (Phi) is 2.80. The summed E-state index contributed by atoms with van der Waals surface area (Å²) in [7, 11) is 0. The van der Waals surface area contributed by atoms with Gasteiger partial charge in [-0.1, -0.05) is 18.9 Å². The van der Waals surface area contributed by atoms with Gasteiger partial charge in [0, 0.05) is 10.8 Å². The van der Waals surface area contributed by atoms with Crippen molar-refractivity contribution in [2.24, 2.45) is 5.92 Å². The summed E-state index contributed by atoms with van der Waals surface area (Å²) in [5.41, 5.74) is -1.77. The highest BCUT2D eigenvalue weighted by Gasteiger charge is 2.48. The molecule has 3 nitrogen and oxygen atoms in total. The molecule has 0 bridgehead atoms. The van der Waals surface area contributed by atoms with E-state index in [0.29, 0.717) is 4.88 Å². The minimum absolute atomic E-state index is 0.193. The number of rotatable bonds is 3. The Balaban J connectivity index is 2.35. The molecule has 0 spiro atoms. The molecule has 0 aromatic carbocycles. The lowest BCUT2D eigenvalue weighted by Gasteiger charge is -2.27. The Morgan fingerprint density at radius 3 is 2.60 bits per heavy atom. The van der Waals surface area contributed by atoms with Crippen LogP contribution in [-0.4, -0.2) is 11.1 Å². The van der Waals surface area contributed by atoms with E-state index in [-0.39, 0.29) is 5.92 Å². The van der Waals surface area contributed by atoms with E-state index in [0.717, 1.165) is 25.7 Å². The Labute approximate surface area is 92.4 Å². The molecule has 4 heteroatoms. The van der Waals surface area contributed by atoms with Gasteiger partial charge in [-0.25, -0.2) is 9.90 Å². The second-order valence-electron chi connectivity index (χ2n) is 4.01. The van der Waals surface area contributed by atoms with E-state index in [9.17, 15) is 15.0 Å². The fourth-order valence-electron chi connectivity index (χ4n) is 2.31. The third-order valence-electron chi connectivity index (χ3n) is 3.15. The van der Waals surface area contributed by atoms with Gasteiger partial charge in [-0.3, -0.25) is 0 Å². The Morgan fingerprint density at radius 2 is 2.13 bits per heavy atom. The van der Waals surface area contributed by atoms with E-state index in [1.54, 1.807) is 17.5 Å². The molecule has 2 rings (SSSR count). The van der Waals surface area contributed by atoms with Gasteiger partial charge in [0.1, 0.15) is 0 Å². The van der Waals surface area contributed by atoms with Crippen LogP contribution in [0, 0.1) is 5.92 Å². The zero-order valence-electron chi connectivity index (χ0n) is 8.31. The minimum atomic E-state index is -1.77. The topological polar surface area (TPSA) is 57.2 Å². The second kappa shape index (κ2) is 3.94. The lowest BCUT2D eigenvalue weighted by atomic mass is 9.85. The van der Waals surface area contributed by atoms with Crippen molar-refractivity contribution in [3.05, 3.63) is 22.4 Å². The zero-order valence-corrected chi connectivity index (χ0v) is 9.13. The van der Waals surface area contributed by atoms with Gasteiger partial charge in [0.25, 0.3) is 0 Å². The predicted octanol–water partition coefficient (Wildman–Crippen LogP) is 2.08. The van der Waals surface area contributed by atoms with Gasteiger partial charge in [0.05, 0.1) is 0 Å². The molecule has 1 aromatic heterocycles. The Morgan fingerprint density at radius 1 is 1.47 bits per heavy atom. The summed E-state index contributed by atoms with van der Waals surface area (Å²) in [6.07, 6.45) is 3.52. The van der Waals surface area contributed by atoms with Crippen molar-refractivity contribution in [3.63, 3.8) is 0 Å². The summed E-state index contributed by atoms with van der Waals surface area (Å²) in [6, 6.07) is 3.42. The van der Waals surface area contributed by atoms with E-state index >= 15 is 0 Å². The molecule has 1 saturated carbocycles. The molecule has 81 valence electrons. The van der Waals surface area contributed by atoms with E-state index in [1.807, 2.05) is 0 Å². The average molecular weight is 225 g/mol. The number of hydrogen-bond acceptors (Lipinski definition) is 3. The minimum Gasteiger partial charge on any atom is -0.373 e. The number of carbonyl (C=O) groups excluding carboxylic acids is 1. The van der Waals surface area contributed by atoms with Crippen molar-refractivity contribution in [2.45, 2.75) is 31.3 Å². The molecule has 1 unspecified atom stereocenters. The van der Waals surface area contributed by atoms with Crippen molar-refractivity contribution in [2.75, 3.05) is 0 Å². The van der Waals surface area contributed by atoms with Crippen LogP contribution in [0.3, 0.4) is 0 Å². The highest BCUT2D eigenvalue weighted by molar-refractivity contribution is 7.10. The number of thiophene rings is 1. The van der Waals surface area contributed by atoms with Crippen LogP contribution < -0.4 is 0 Å². The lowest BCUT2D eigenvalue weighted by molar-refractivity contribution is -0.173. The van der Waals surface area contributed by atoms with Gasteiger partial charge >= 0.3 is 5.97 Å². The fourth-order valence-corrected chi connectivity index (χ4v) is 3.20. The van der Waals surface area contributed by atoms with E-state index in [2.05, 4.69) is 0 Å². The maximum Gasteiger partial charge on any atom is 0.392 e. The van der Waals surface area contributed by atoms with Crippen LogP contribution in [-0.2, 0) is 15.5 Å². The van der Waals surface area contributed by atoms with Crippen LogP contribution in [0.2, 0.25) is 0 Å². The molecule has 1 fully saturated rings. The molecule has 0 saturated heterocycles. The van der Waals surface area contributed by atoms with E-state index in [4.69, 9.17) is 0 Å². The normalized spacial score (nSPS) is 21.4. The van der Waals surface area contributed by atoms with Crippen LogP contribution in [0.25, 0.3) is 0 Å². The molecule has 1 N–H and O–H groups in total. The predicted molar refractivity (Wildman–Crippen MR) is 55.9 cm³/mol. The van der Waals surface area contributed by atoms with Gasteiger partial charge < -0.3 is 5.11 Å². The van der Waals surface area contributed by atoms with Crippen LogP contribution >= 0.6 is 11.3 Å². The quantitative estimate of drug-likeness (QED) is 0.856. The van der Waals surface area contributed by atoms with Gasteiger partial charge in [0.15, 0.2) is 0 Å². The third kappa shape index (κ3) is 1.68. The van der Waals surface area contributed by atoms with Crippen LogP contribution in [0.5, 0.6) is 0 Å². The fraction of sp³-hybridized carbons (Fsp3) is 0.545. The molecule has 1 aliphatic carbocycles. The molecular weight excluding hydrogens is 212 g/mol. The van der Waals surface area contributed by atoms with Crippen molar-refractivity contribution in [1.82, 2.24) is 0 Å². The molecule has 15 heavy (non-hydrogen) atoms. The Hall–Kier alpha value is -0.870. The first-order chi connectivity index (χ1) is 7.15. The average Bonchev–Trinajstić information content (AvgIpc) is 2.89. The first-order valence-corrected chi connectivity index (χ1v) is 6.01. The molecule has 1 aliphatic rings. The number of carbonyl (C=O) groups is 1. The lowest BCUT2D eigenvalue weighted by Crippen LogP contribution is -2.40. The molecule has 0 aliphatic heterocycles. The Bertz CT molecular complexity index is 341. The zero-order chi connectivity index (χ0) is 10.9. The van der Waals surface area contributed by atoms with Crippen molar-refractivity contribution in [1.29, 1.82) is 0 Å². The van der Waals surface area contributed by atoms with Crippen molar-refractivity contribution < 1.29 is 15.0 Å². The number of aliphatic hydroxyl groups is 1. The van der Waals surface area contributed by atoms with Crippen molar-refractivity contribution in [3.8, 4) is 0 Å². The van der Waals surface area contributed by atoms with E-state index < -0.39 is 11.6 Å². The van der Waals surface area contributed by atoms with Gasteiger partial charge in [0.2, 0.25) is 5.60 Å². The molecule has 1 heterocycles. The van der Waals surface area contributed by atoms with Gasteiger partial charge in [-0.15, -0.1) is 11.3 Å². The molecule has 1 atom stereocenters. The van der Waals surface area contributed by atoms with Gasteiger partial charge in [-0.2, -0.15) is 0 Å². The van der Waals surface area contributed by atoms with Crippen LogP contribution in [0.4, 0.5) is 0 Å². The monoisotopic (exact) mass is 225 g/mol. The first-order valence-electron chi connectivity index (χ1n) is 5.13. The largest absolute Gasteiger partial charge is 0.392 e. The molecule has 1 radical (unpaired) electrons. The molecule has 1 aromatic rings. The maximum atomic E-state index is 11.2. The van der Waals surface area contributed by atoms with Crippen LogP contribution in [0.15, 0.2) is 17.5 Å². The summed E-state index contributed by atoms with van der Waals surface area (Å²) < 4.78 is 0. The first kappa shape index (κ1) is 10.6. The number of hydrogen-bond donors (Lipinski definition) is 1. The standard InChI is InChI=1S/C11H13O3S/c12-10(13)11(14,8-4-1-2-5-8)9-6-3-7-15-9/h3,6-8,14H,1-2,4-5H2. The summed E-state index contributed by atoms with van der Waals surface area (Å²) in [4.78, 5) is 11.6. The van der Waals surface area contributed by atoms with Crippen molar-refractivity contribution >= 4 is 17.3 Å². The second-order valence-corrected chi connectivity index (χ2v) is 4.96. The molecular formula is C11H13O3S. The SMILES string of the molecule is [O]C(=O)C(O)(c1cccs1)C1CCCC1. The smallest absolute Gasteiger partial charge is 0.373 e. The highest BCUT2D eigenvalue weighted by atomic mass is 32.1. The summed E-state index contributed by atoms with van der Waals surface area (Å²) in [6.45, 7) is 0. The van der Waals surface area contributed by atoms with E-state index in [1.165, 1.54) is 11.3 Å². The maximum absolute atomic E-state index is 11.2. The van der Waals surface area contributed by atoms with Gasteiger partial charge in [-0.05, 0) is 24.3 Å².